The van der Waals surface area contributed by atoms with E-state index in [0.29, 0.717) is 30.2 Å². The Labute approximate surface area is 165 Å². The highest BCUT2D eigenvalue weighted by Gasteiger charge is 2.18. The number of nitrogens with two attached hydrogens (primary N) is 2. The van der Waals surface area contributed by atoms with Crippen LogP contribution in [0.4, 0.5) is 0 Å². The van der Waals surface area contributed by atoms with Crippen LogP contribution in [0.15, 0.2) is 34.2 Å². The summed E-state index contributed by atoms with van der Waals surface area (Å²) in [7, 11) is 1.62. The Hall–Kier alpha value is -2.87. The first kappa shape index (κ1) is 21.4. The molecule has 8 heteroatoms. The number of hydrogen-bond donors (Lipinski definition) is 4. The van der Waals surface area contributed by atoms with E-state index in [4.69, 9.17) is 16.2 Å². The van der Waals surface area contributed by atoms with Gasteiger partial charge < -0.3 is 26.5 Å². The zero-order valence-corrected chi connectivity index (χ0v) is 17.0. The van der Waals surface area contributed by atoms with Gasteiger partial charge in [-0.15, -0.1) is 0 Å². The van der Waals surface area contributed by atoms with Crippen LogP contribution in [0.5, 0.6) is 5.75 Å². The van der Waals surface area contributed by atoms with E-state index in [2.05, 4.69) is 20.3 Å². The Kier molecular flexibility index (Phi) is 7.17. The van der Waals surface area contributed by atoms with E-state index in [1.54, 1.807) is 13.3 Å². The van der Waals surface area contributed by atoms with E-state index in [0.717, 1.165) is 24.1 Å². The summed E-state index contributed by atoms with van der Waals surface area (Å²) in [5.41, 5.74) is 12.5. The van der Waals surface area contributed by atoms with Crippen molar-refractivity contribution in [2.24, 2.45) is 16.5 Å². The first-order valence-corrected chi connectivity index (χ1v) is 9.25. The smallest absolute Gasteiger partial charge is 0.258 e. The van der Waals surface area contributed by atoms with Gasteiger partial charge in [0.2, 0.25) is 0 Å². The molecule has 0 aliphatic heterocycles. The second kappa shape index (κ2) is 9.36. The summed E-state index contributed by atoms with van der Waals surface area (Å²) in [5.74, 6) is 1.49. The van der Waals surface area contributed by atoms with Gasteiger partial charge in [0.1, 0.15) is 11.6 Å². The van der Waals surface area contributed by atoms with Crippen LogP contribution >= 0.6 is 0 Å². The minimum Gasteiger partial charge on any atom is -0.496 e. The second-order valence-electron chi connectivity index (χ2n) is 7.59. The van der Waals surface area contributed by atoms with E-state index in [1.807, 2.05) is 39.0 Å². The van der Waals surface area contributed by atoms with E-state index >= 15 is 0 Å². The van der Waals surface area contributed by atoms with E-state index in [1.165, 1.54) is 0 Å². The molecule has 0 radical (unpaired) electrons. The number of aliphatic imine (C=N–C) groups is 1. The van der Waals surface area contributed by atoms with Crippen molar-refractivity contribution in [3.8, 4) is 16.9 Å². The van der Waals surface area contributed by atoms with Crippen LogP contribution in [0.3, 0.4) is 0 Å². The van der Waals surface area contributed by atoms with Crippen molar-refractivity contribution in [2.75, 3.05) is 20.2 Å². The molecule has 1 heterocycles. The Morgan fingerprint density at radius 1 is 1.32 bits per heavy atom. The standard InChI is InChI=1S/C20H30N6O2/c1-20(2,3)18-25-12-15(17(27)26-18)13-6-7-14(16(10-13)28-4)11-23-8-5-9-24-19(21)22/h6-7,10,12,23H,5,8-9,11H2,1-4H3,(H4,21,22,24)(H,25,26,27). The molecule has 6 N–H and O–H groups in total. The molecule has 152 valence electrons. The van der Waals surface area contributed by atoms with Crippen LogP contribution in [0.2, 0.25) is 0 Å². The van der Waals surface area contributed by atoms with Gasteiger partial charge in [-0.05, 0) is 24.6 Å². The van der Waals surface area contributed by atoms with Crippen molar-refractivity contribution in [1.29, 1.82) is 0 Å². The van der Waals surface area contributed by atoms with E-state index in [-0.39, 0.29) is 16.9 Å². The van der Waals surface area contributed by atoms with Gasteiger partial charge in [-0.25, -0.2) is 4.98 Å². The van der Waals surface area contributed by atoms with Gasteiger partial charge in [0, 0.05) is 30.3 Å². The van der Waals surface area contributed by atoms with E-state index in [9.17, 15) is 4.79 Å². The van der Waals surface area contributed by atoms with Crippen molar-refractivity contribution >= 4 is 5.96 Å². The summed E-state index contributed by atoms with van der Waals surface area (Å²) in [6.45, 7) is 8.03. The molecule has 0 aliphatic carbocycles. The molecule has 0 fully saturated rings. The molecule has 0 amide bonds. The molecule has 28 heavy (non-hydrogen) atoms. The molecule has 8 nitrogen and oxygen atoms in total. The molecule has 0 spiro atoms. The molecule has 2 rings (SSSR count). The fraction of sp³-hybridized carbons (Fsp3) is 0.450. The molecule has 0 saturated carbocycles. The Morgan fingerprint density at radius 2 is 2.07 bits per heavy atom. The fourth-order valence-corrected chi connectivity index (χ4v) is 2.68. The molecular formula is C20H30N6O2. The zero-order valence-electron chi connectivity index (χ0n) is 17.0. The number of benzene rings is 1. The number of rotatable bonds is 8. The Balaban J connectivity index is 2.11. The van der Waals surface area contributed by atoms with Crippen molar-refractivity contribution < 1.29 is 4.74 Å². The lowest BCUT2D eigenvalue weighted by atomic mass is 9.95. The molecule has 0 saturated heterocycles. The first-order chi connectivity index (χ1) is 13.2. The number of nitrogens with zero attached hydrogens (tertiary/aromatic N) is 2. The van der Waals surface area contributed by atoms with Crippen molar-refractivity contribution in [3.63, 3.8) is 0 Å². The number of aromatic nitrogens is 2. The van der Waals surface area contributed by atoms with Gasteiger partial charge in [0.25, 0.3) is 5.56 Å². The van der Waals surface area contributed by atoms with Gasteiger partial charge >= 0.3 is 0 Å². The van der Waals surface area contributed by atoms with Gasteiger partial charge in [-0.3, -0.25) is 9.79 Å². The van der Waals surface area contributed by atoms with Crippen molar-refractivity contribution in [3.05, 3.63) is 46.1 Å². The molecule has 2 aromatic rings. The summed E-state index contributed by atoms with van der Waals surface area (Å²) in [5, 5.41) is 3.33. The van der Waals surface area contributed by atoms with Crippen LogP contribution in [0.25, 0.3) is 11.1 Å². The molecular weight excluding hydrogens is 356 g/mol. The topological polar surface area (TPSA) is 131 Å². The summed E-state index contributed by atoms with van der Waals surface area (Å²) in [4.78, 5) is 23.8. The van der Waals surface area contributed by atoms with Gasteiger partial charge in [0.15, 0.2) is 5.96 Å². The summed E-state index contributed by atoms with van der Waals surface area (Å²) < 4.78 is 5.51. The number of nitrogens with one attached hydrogen (secondary N) is 2. The Morgan fingerprint density at radius 3 is 2.68 bits per heavy atom. The third kappa shape index (κ3) is 5.82. The molecule has 0 atom stereocenters. The third-order valence-corrected chi connectivity index (χ3v) is 4.23. The van der Waals surface area contributed by atoms with Gasteiger partial charge in [-0.1, -0.05) is 32.9 Å². The van der Waals surface area contributed by atoms with Crippen LogP contribution in [0.1, 0.15) is 38.6 Å². The van der Waals surface area contributed by atoms with Crippen LogP contribution in [0, 0.1) is 0 Å². The predicted octanol–water partition coefficient (Wildman–Crippen LogP) is 1.50. The maximum atomic E-state index is 12.5. The lowest BCUT2D eigenvalue weighted by molar-refractivity contribution is 0.408. The largest absolute Gasteiger partial charge is 0.496 e. The number of aromatic amines is 1. The highest BCUT2D eigenvalue weighted by atomic mass is 16.5. The number of hydrogen-bond acceptors (Lipinski definition) is 5. The molecule has 1 aromatic heterocycles. The number of guanidine groups is 1. The van der Waals surface area contributed by atoms with E-state index < -0.39 is 0 Å². The summed E-state index contributed by atoms with van der Waals surface area (Å²) in [6.07, 6.45) is 2.45. The molecule has 0 unspecified atom stereocenters. The minimum absolute atomic E-state index is 0.109. The fourth-order valence-electron chi connectivity index (χ4n) is 2.68. The average molecular weight is 387 g/mol. The van der Waals surface area contributed by atoms with Crippen LogP contribution in [-0.2, 0) is 12.0 Å². The summed E-state index contributed by atoms with van der Waals surface area (Å²) >= 11 is 0. The minimum atomic E-state index is -0.216. The normalized spacial score (nSPS) is 11.3. The summed E-state index contributed by atoms with van der Waals surface area (Å²) in [6, 6.07) is 5.72. The maximum Gasteiger partial charge on any atom is 0.258 e. The quantitative estimate of drug-likeness (QED) is 0.309. The van der Waals surface area contributed by atoms with Crippen molar-refractivity contribution in [1.82, 2.24) is 15.3 Å². The van der Waals surface area contributed by atoms with Crippen molar-refractivity contribution in [2.45, 2.75) is 39.2 Å². The monoisotopic (exact) mass is 386 g/mol. The number of methoxy groups -OCH3 is 1. The molecule has 0 bridgehead atoms. The first-order valence-electron chi connectivity index (χ1n) is 9.25. The van der Waals surface area contributed by atoms with Gasteiger partial charge in [0.05, 0.1) is 12.7 Å². The zero-order chi connectivity index (χ0) is 20.7. The maximum absolute atomic E-state index is 12.5. The number of H-pyrrole nitrogens is 1. The highest BCUT2D eigenvalue weighted by molar-refractivity contribution is 5.75. The van der Waals surface area contributed by atoms with Crippen LogP contribution < -0.4 is 27.1 Å². The third-order valence-electron chi connectivity index (χ3n) is 4.23. The molecule has 0 aliphatic rings. The lowest BCUT2D eigenvalue weighted by Crippen LogP contribution is -2.23. The Bertz CT molecular complexity index is 879. The second-order valence-corrected chi connectivity index (χ2v) is 7.59. The lowest BCUT2D eigenvalue weighted by Gasteiger charge is -2.17. The van der Waals surface area contributed by atoms with Crippen LogP contribution in [-0.4, -0.2) is 36.1 Å². The number of ether oxygens (including phenoxy) is 1. The average Bonchev–Trinajstić information content (AvgIpc) is 2.63. The molecule has 1 aromatic carbocycles. The predicted molar refractivity (Wildman–Crippen MR) is 113 cm³/mol. The van der Waals surface area contributed by atoms with Gasteiger partial charge in [-0.2, -0.15) is 0 Å². The SMILES string of the molecule is COc1cc(-c2cnc(C(C)(C)C)[nH]c2=O)ccc1CNCCCN=C(N)N. The highest BCUT2D eigenvalue weighted by Crippen LogP contribution is 2.26.